The second-order valence-corrected chi connectivity index (χ2v) is 4.67. The average Bonchev–Trinajstić information content (AvgIpc) is 2.29. The van der Waals surface area contributed by atoms with Crippen molar-refractivity contribution in [3.05, 3.63) is 0 Å². The zero-order valence-corrected chi connectivity index (χ0v) is 12.8. The van der Waals surface area contributed by atoms with E-state index in [1.165, 1.54) is 0 Å². The van der Waals surface area contributed by atoms with E-state index in [4.69, 9.17) is 5.73 Å². The Balaban J connectivity index is 0. The van der Waals surface area contributed by atoms with Gasteiger partial charge < -0.3 is 16.2 Å². The predicted octanol–water partition coefficient (Wildman–Crippen LogP) is 1.79. The largest absolute Gasteiger partial charge is 0.481 e. The van der Waals surface area contributed by atoms with Crippen LogP contribution >= 0.6 is 12.4 Å². The third kappa shape index (κ3) is 7.38. The fourth-order valence-corrected chi connectivity index (χ4v) is 2.27. The highest BCUT2D eigenvalue weighted by atomic mass is 35.5. The molecule has 6 heteroatoms. The van der Waals surface area contributed by atoms with E-state index in [0.717, 1.165) is 12.8 Å². The van der Waals surface area contributed by atoms with E-state index < -0.39 is 5.97 Å². The Morgan fingerprint density at radius 2 is 1.79 bits per heavy atom. The maximum absolute atomic E-state index is 11.2. The number of nitrogens with one attached hydrogen (secondary N) is 1. The molecule has 0 aliphatic heterocycles. The van der Waals surface area contributed by atoms with Gasteiger partial charge in [0.05, 0.1) is 12.0 Å². The highest BCUT2D eigenvalue weighted by molar-refractivity contribution is 5.85. The molecule has 0 fully saturated rings. The Morgan fingerprint density at radius 3 is 2.11 bits per heavy atom. The van der Waals surface area contributed by atoms with E-state index >= 15 is 0 Å². The normalized spacial score (nSPS) is 15.1. The van der Waals surface area contributed by atoms with Crippen molar-refractivity contribution in [1.29, 1.82) is 0 Å². The Labute approximate surface area is 121 Å². The molecular formula is C13H27ClN2O3. The van der Waals surface area contributed by atoms with Crippen molar-refractivity contribution in [3.8, 4) is 0 Å². The Bertz CT molecular complexity index is 275. The molecule has 0 radical (unpaired) electrons. The Kier molecular flexibility index (Phi) is 11.9. The first-order valence-electron chi connectivity index (χ1n) is 6.73. The maximum Gasteiger partial charge on any atom is 0.306 e. The van der Waals surface area contributed by atoms with Crippen LogP contribution in [0.2, 0.25) is 0 Å². The molecule has 0 aromatic carbocycles. The lowest BCUT2D eigenvalue weighted by atomic mass is 9.86. The van der Waals surface area contributed by atoms with E-state index in [9.17, 15) is 14.7 Å². The van der Waals surface area contributed by atoms with Crippen LogP contribution in [0.5, 0.6) is 0 Å². The van der Waals surface area contributed by atoms with Crippen LogP contribution in [0.3, 0.4) is 0 Å². The van der Waals surface area contributed by atoms with Gasteiger partial charge in [-0.2, -0.15) is 0 Å². The molecule has 0 aliphatic carbocycles. The number of aliphatic carboxylic acids is 1. The number of hydrogen-bond donors (Lipinski definition) is 3. The summed E-state index contributed by atoms with van der Waals surface area (Å²) in [4.78, 5) is 22.3. The number of primary amides is 1. The number of halogens is 1. The van der Waals surface area contributed by atoms with Crippen molar-refractivity contribution in [2.75, 3.05) is 6.54 Å². The minimum absolute atomic E-state index is 0. The van der Waals surface area contributed by atoms with Gasteiger partial charge in [0.2, 0.25) is 5.91 Å². The Hall–Kier alpha value is -0.810. The van der Waals surface area contributed by atoms with Gasteiger partial charge in [0, 0.05) is 0 Å². The van der Waals surface area contributed by atoms with Crippen LogP contribution in [0, 0.1) is 11.8 Å². The van der Waals surface area contributed by atoms with Crippen LogP contribution in [-0.4, -0.2) is 29.6 Å². The molecule has 19 heavy (non-hydrogen) atoms. The van der Waals surface area contributed by atoms with Gasteiger partial charge in [-0.15, -0.1) is 12.4 Å². The van der Waals surface area contributed by atoms with Crippen molar-refractivity contribution in [2.24, 2.45) is 17.6 Å². The lowest BCUT2D eigenvalue weighted by Crippen LogP contribution is -2.44. The summed E-state index contributed by atoms with van der Waals surface area (Å²) in [6.45, 7) is 6.33. The van der Waals surface area contributed by atoms with Gasteiger partial charge in [-0.05, 0) is 31.7 Å². The lowest BCUT2D eigenvalue weighted by Gasteiger charge is -2.25. The van der Waals surface area contributed by atoms with Crippen LogP contribution in [0.1, 0.15) is 46.5 Å². The second kappa shape index (κ2) is 11.1. The fraction of sp³-hybridized carbons (Fsp3) is 0.846. The molecule has 0 aromatic rings. The number of carbonyl (C=O) groups excluding carboxylic acids is 1. The molecule has 0 aliphatic rings. The van der Waals surface area contributed by atoms with Crippen LogP contribution in [0.15, 0.2) is 0 Å². The average molecular weight is 295 g/mol. The van der Waals surface area contributed by atoms with Gasteiger partial charge in [0.1, 0.15) is 0 Å². The first-order valence-corrected chi connectivity index (χ1v) is 6.73. The van der Waals surface area contributed by atoms with Gasteiger partial charge in [-0.3, -0.25) is 9.59 Å². The third-order valence-electron chi connectivity index (χ3n) is 3.36. The number of carboxylic acids is 1. The molecule has 0 saturated heterocycles. The number of rotatable bonds is 10. The number of nitrogens with two attached hydrogens (primary N) is 1. The van der Waals surface area contributed by atoms with E-state index in [2.05, 4.69) is 5.32 Å². The number of amides is 1. The van der Waals surface area contributed by atoms with E-state index in [0.29, 0.717) is 19.4 Å². The van der Waals surface area contributed by atoms with Crippen molar-refractivity contribution in [1.82, 2.24) is 5.32 Å². The quantitative estimate of drug-likeness (QED) is 0.573. The van der Waals surface area contributed by atoms with Crippen molar-refractivity contribution >= 4 is 24.3 Å². The summed E-state index contributed by atoms with van der Waals surface area (Å²) < 4.78 is 0. The van der Waals surface area contributed by atoms with E-state index in [1.54, 1.807) is 0 Å². The molecule has 0 saturated carbocycles. The molecule has 4 N–H and O–H groups in total. The highest BCUT2D eigenvalue weighted by Crippen LogP contribution is 2.21. The standard InChI is InChI=1S/C13H26N2O3.ClH/c1-4-7-9(10(5-2)13(17)18)8-15-11(6-3)12(14)16;/h9-11,15H,4-8H2,1-3H3,(H2,14,16)(H,17,18);1H/t9?,10?,11-;/m0./s1. The van der Waals surface area contributed by atoms with Crippen molar-refractivity contribution in [2.45, 2.75) is 52.5 Å². The monoisotopic (exact) mass is 294 g/mol. The molecule has 0 bridgehead atoms. The minimum atomic E-state index is -0.759. The maximum atomic E-state index is 11.2. The van der Waals surface area contributed by atoms with E-state index in [1.807, 2.05) is 20.8 Å². The fourth-order valence-electron chi connectivity index (χ4n) is 2.27. The van der Waals surface area contributed by atoms with Gasteiger partial charge in [-0.25, -0.2) is 0 Å². The predicted molar refractivity (Wildman–Crippen MR) is 78.3 cm³/mol. The molecule has 0 heterocycles. The second-order valence-electron chi connectivity index (χ2n) is 4.67. The smallest absolute Gasteiger partial charge is 0.306 e. The van der Waals surface area contributed by atoms with Gasteiger partial charge >= 0.3 is 5.97 Å². The zero-order chi connectivity index (χ0) is 14.1. The molecule has 0 aromatic heterocycles. The number of hydrogen-bond acceptors (Lipinski definition) is 3. The van der Waals surface area contributed by atoms with Gasteiger partial charge in [-0.1, -0.05) is 27.2 Å². The van der Waals surface area contributed by atoms with Crippen molar-refractivity contribution in [3.63, 3.8) is 0 Å². The molecule has 114 valence electrons. The van der Waals surface area contributed by atoms with Crippen LogP contribution < -0.4 is 11.1 Å². The van der Waals surface area contributed by atoms with Gasteiger partial charge in [0.25, 0.3) is 0 Å². The summed E-state index contributed by atoms with van der Waals surface area (Å²) in [6, 6.07) is -0.365. The summed E-state index contributed by atoms with van der Waals surface area (Å²) in [5.74, 6) is -1.45. The summed E-state index contributed by atoms with van der Waals surface area (Å²) in [7, 11) is 0. The summed E-state index contributed by atoms with van der Waals surface area (Å²) in [5, 5.41) is 12.3. The first-order chi connectivity index (χ1) is 8.47. The van der Waals surface area contributed by atoms with Crippen LogP contribution in [0.4, 0.5) is 0 Å². The zero-order valence-electron chi connectivity index (χ0n) is 12.0. The SMILES string of the molecule is CCCC(CN[C@@H](CC)C(N)=O)C(CC)C(=O)O.Cl. The Morgan fingerprint density at radius 1 is 1.21 bits per heavy atom. The van der Waals surface area contributed by atoms with Crippen molar-refractivity contribution < 1.29 is 14.7 Å². The lowest BCUT2D eigenvalue weighted by molar-refractivity contribution is -0.143. The molecule has 2 unspecified atom stereocenters. The molecular weight excluding hydrogens is 268 g/mol. The third-order valence-corrected chi connectivity index (χ3v) is 3.36. The molecule has 0 spiro atoms. The van der Waals surface area contributed by atoms with Gasteiger partial charge in [0.15, 0.2) is 0 Å². The molecule has 0 rings (SSSR count). The van der Waals surface area contributed by atoms with Crippen LogP contribution in [-0.2, 0) is 9.59 Å². The van der Waals surface area contributed by atoms with E-state index in [-0.39, 0.29) is 36.2 Å². The molecule has 1 amide bonds. The number of carbonyl (C=O) groups is 2. The topological polar surface area (TPSA) is 92.4 Å². The summed E-state index contributed by atoms with van der Waals surface area (Å²) in [5.41, 5.74) is 5.26. The molecule has 5 nitrogen and oxygen atoms in total. The molecule has 3 atom stereocenters. The van der Waals surface area contributed by atoms with Crippen LogP contribution in [0.25, 0.3) is 0 Å². The summed E-state index contributed by atoms with van der Waals surface area (Å²) >= 11 is 0. The first kappa shape index (κ1) is 20.5. The summed E-state index contributed by atoms with van der Waals surface area (Å²) in [6.07, 6.45) is 3.00. The highest BCUT2D eigenvalue weighted by Gasteiger charge is 2.26. The minimum Gasteiger partial charge on any atom is -0.481 e. The number of carboxylic acid groups (broad SMARTS) is 1.